The molecule has 0 radical (unpaired) electrons. The fourth-order valence-electron chi connectivity index (χ4n) is 2.18. The molecule has 3 nitrogen and oxygen atoms in total. The number of aromatic hydroxyl groups is 1. The van der Waals surface area contributed by atoms with Crippen LogP contribution in [0.25, 0.3) is 0 Å². The molecule has 5 heteroatoms. The number of hydrogen-bond acceptors (Lipinski definition) is 3. The van der Waals surface area contributed by atoms with E-state index in [0.717, 1.165) is 25.8 Å². The minimum absolute atomic E-state index is 0.0401. The molecule has 0 spiro atoms. The average molecular weight is 260 g/mol. The summed E-state index contributed by atoms with van der Waals surface area (Å²) in [5.41, 5.74) is 0.507. The van der Waals surface area contributed by atoms with Crippen molar-refractivity contribution >= 4 is 11.6 Å². The number of halogens is 2. The molecule has 1 fully saturated rings. The Morgan fingerprint density at radius 1 is 1.53 bits per heavy atom. The molecule has 0 aromatic heterocycles. The predicted octanol–water partition coefficient (Wildman–Crippen LogP) is 3.01. The molecule has 94 valence electrons. The standard InChI is InChI=1S/C12H15ClFNO2/c1-17-12-8(13)6-7(11(16)10(12)14)9-4-2-3-5-15-9/h6,9,15-16H,2-5H2,1H3. The molecule has 0 bridgehead atoms. The van der Waals surface area contributed by atoms with Crippen LogP contribution in [-0.4, -0.2) is 18.8 Å². The van der Waals surface area contributed by atoms with Crippen molar-refractivity contribution in [1.82, 2.24) is 5.32 Å². The van der Waals surface area contributed by atoms with E-state index in [9.17, 15) is 9.50 Å². The fourth-order valence-corrected chi connectivity index (χ4v) is 2.46. The van der Waals surface area contributed by atoms with Crippen molar-refractivity contribution < 1.29 is 14.2 Å². The Kier molecular flexibility index (Phi) is 3.74. The molecule has 1 unspecified atom stereocenters. The summed E-state index contributed by atoms with van der Waals surface area (Å²) in [5, 5.41) is 13.3. The van der Waals surface area contributed by atoms with E-state index in [1.165, 1.54) is 7.11 Å². The number of phenolic OH excluding ortho intramolecular Hbond substituents is 1. The van der Waals surface area contributed by atoms with Gasteiger partial charge in [-0.3, -0.25) is 0 Å². The second-order valence-electron chi connectivity index (χ2n) is 4.15. The van der Waals surface area contributed by atoms with Gasteiger partial charge in [-0.2, -0.15) is 4.39 Å². The number of ether oxygens (including phenoxy) is 1. The van der Waals surface area contributed by atoms with Gasteiger partial charge in [-0.1, -0.05) is 18.0 Å². The molecule has 1 aromatic carbocycles. The largest absolute Gasteiger partial charge is 0.504 e. The predicted molar refractivity (Wildman–Crippen MR) is 64.2 cm³/mol. The molecule has 1 aromatic rings. The highest BCUT2D eigenvalue weighted by atomic mass is 35.5. The summed E-state index contributed by atoms with van der Waals surface area (Å²) in [6.45, 7) is 0.870. The molecular weight excluding hydrogens is 245 g/mol. The van der Waals surface area contributed by atoms with Gasteiger partial charge in [-0.05, 0) is 25.5 Å². The molecule has 1 aliphatic heterocycles. The van der Waals surface area contributed by atoms with Crippen molar-refractivity contribution in [1.29, 1.82) is 0 Å². The minimum atomic E-state index is -0.789. The van der Waals surface area contributed by atoms with Crippen LogP contribution >= 0.6 is 11.6 Å². The number of methoxy groups -OCH3 is 1. The maximum Gasteiger partial charge on any atom is 0.208 e. The maximum absolute atomic E-state index is 13.8. The molecule has 1 aliphatic rings. The Hall–Kier alpha value is -1.00. The lowest BCUT2D eigenvalue weighted by Gasteiger charge is -2.25. The highest BCUT2D eigenvalue weighted by Crippen LogP contribution is 2.40. The summed E-state index contributed by atoms with van der Waals surface area (Å²) >= 11 is 5.92. The average Bonchev–Trinajstić information content (AvgIpc) is 2.35. The van der Waals surface area contributed by atoms with Crippen molar-refractivity contribution in [3.63, 3.8) is 0 Å². The molecule has 2 N–H and O–H groups in total. The Balaban J connectivity index is 2.40. The lowest BCUT2D eigenvalue weighted by molar-refractivity contribution is 0.349. The van der Waals surface area contributed by atoms with Crippen molar-refractivity contribution in [3.05, 3.63) is 22.5 Å². The van der Waals surface area contributed by atoms with Crippen LogP contribution in [0.3, 0.4) is 0 Å². The third kappa shape index (κ3) is 2.33. The van der Waals surface area contributed by atoms with E-state index in [1.807, 2.05) is 0 Å². The number of piperidine rings is 1. The van der Waals surface area contributed by atoms with E-state index >= 15 is 0 Å². The first-order valence-electron chi connectivity index (χ1n) is 5.63. The summed E-state index contributed by atoms with van der Waals surface area (Å²) in [6, 6.07) is 1.53. The zero-order valence-corrected chi connectivity index (χ0v) is 10.4. The number of phenols is 1. The molecular formula is C12H15ClFNO2. The van der Waals surface area contributed by atoms with Gasteiger partial charge in [-0.25, -0.2) is 0 Å². The van der Waals surface area contributed by atoms with E-state index in [4.69, 9.17) is 16.3 Å². The van der Waals surface area contributed by atoms with Gasteiger partial charge in [0, 0.05) is 11.6 Å². The van der Waals surface area contributed by atoms with Crippen LogP contribution < -0.4 is 10.1 Å². The van der Waals surface area contributed by atoms with E-state index in [-0.39, 0.29) is 22.6 Å². The van der Waals surface area contributed by atoms with Gasteiger partial charge in [0.25, 0.3) is 0 Å². The molecule has 17 heavy (non-hydrogen) atoms. The van der Waals surface area contributed by atoms with Gasteiger partial charge in [0.05, 0.1) is 12.1 Å². The Labute approximate surface area is 105 Å². The third-order valence-electron chi connectivity index (χ3n) is 3.07. The number of hydrogen-bond donors (Lipinski definition) is 2. The smallest absolute Gasteiger partial charge is 0.208 e. The summed E-state index contributed by atoms with van der Waals surface area (Å²) in [5.74, 6) is -1.27. The first-order chi connectivity index (χ1) is 8.15. The summed E-state index contributed by atoms with van der Waals surface area (Å²) in [6.07, 6.45) is 3.03. The summed E-state index contributed by atoms with van der Waals surface area (Å²) < 4.78 is 18.6. The first-order valence-corrected chi connectivity index (χ1v) is 6.01. The highest BCUT2D eigenvalue weighted by molar-refractivity contribution is 6.32. The molecule has 0 amide bonds. The first kappa shape index (κ1) is 12.5. The number of benzene rings is 1. The lowest BCUT2D eigenvalue weighted by atomic mass is 9.96. The van der Waals surface area contributed by atoms with Crippen molar-refractivity contribution in [3.8, 4) is 11.5 Å². The molecule has 0 aliphatic carbocycles. The van der Waals surface area contributed by atoms with Crippen LogP contribution in [0, 0.1) is 5.82 Å². The summed E-state index contributed by atoms with van der Waals surface area (Å²) in [7, 11) is 1.32. The quantitative estimate of drug-likeness (QED) is 0.858. The van der Waals surface area contributed by atoms with E-state index in [0.29, 0.717) is 5.56 Å². The second-order valence-corrected chi connectivity index (χ2v) is 4.55. The van der Waals surface area contributed by atoms with Gasteiger partial charge in [0.1, 0.15) is 0 Å². The zero-order chi connectivity index (χ0) is 12.4. The molecule has 1 atom stereocenters. The highest BCUT2D eigenvalue weighted by Gasteiger charge is 2.24. The van der Waals surface area contributed by atoms with Crippen LogP contribution in [0.2, 0.25) is 5.02 Å². The van der Waals surface area contributed by atoms with Gasteiger partial charge in [-0.15, -0.1) is 0 Å². The summed E-state index contributed by atoms with van der Waals surface area (Å²) in [4.78, 5) is 0. The van der Waals surface area contributed by atoms with Crippen molar-refractivity contribution in [2.24, 2.45) is 0 Å². The Bertz CT molecular complexity index is 419. The normalized spacial score (nSPS) is 20.3. The van der Waals surface area contributed by atoms with Gasteiger partial charge < -0.3 is 15.2 Å². The van der Waals surface area contributed by atoms with Crippen LogP contribution in [0.15, 0.2) is 6.07 Å². The lowest BCUT2D eigenvalue weighted by Crippen LogP contribution is -2.27. The second kappa shape index (κ2) is 5.10. The van der Waals surface area contributed by atoms with E-state index in [1.54, 1.807) is 6.07 Å². The molecule has 2 rings (SSSR count). The minimum Gasteiger partial charge on any atom is -0.504 e. The fraction of sp³-hybridized carbons (Fsp3) is 0.500. The van der Waals surface area contributed by atoms with Gasteiger partial charge >= 0.3 is 0 Å². The van der Waals surface area contributed by atoms with E-state index in [2.05, 4.69) is 5.32 Å². The van der Waals surface area contributed by atoms with Crippen LogP contribution in [-0.2, 0) is 0 Å². The SMILES string of the molecule is COc1c(Cl)cc(C2CCCCN2)c(O)c1F. The van der Waals surface area contributed by atoms with Crippen molar-refractivity contribution in [2.75, 3.05) is 13.7 Å². The maximum atomic E-state index is 13.8. The molecule has 1 heterocycles. The zero-order valence-electron chi connectivity index (χ0n) is 9.59. The Morgan fingerprint density at radius 3 is 2.88 bits per heavy atom. The van der Waals surface area contributed by atoms with Gasteiger partial charge in [0.15, 0.2) is 11.5 Å². The molecule has 0 saturated carbocycles. The molecule has 1 saturated heterocycles. The van der Waals surface area contributed by atoms with Gasteiger partial charge in [0.2, 0.25) is 5.82 Å². The third-order valence-corrected chi connectivity index (χ3v) is 3.35. The van der Waals surface area contributed by atoms with Crippen LogP contribution in [0.5, 0.6) is 11.5 Å². The van der Waals surface area contributed by atoms with Crippen molar-refractivity contribution in [2.45, 2.75) is 25.3 Å². The monoisotopic (exact) mass is 259 g/mol. The number of rotatable bonds is 2. The topological polar surface area (TPSA) is 41.5 Å². The van der Waals surface area contributed by atoms with Crippen LogP contribution in [0.1, 0.15) is 30.9 Å². The Morgan fingerprint density at radius 2 is 2.29 bits per heavy atom. The number of nitrogens with one attached hydrogen (secondary N) is 1. The van der Waals surface area contributed by atoms with Crippen LogP contribution in [0.4, 0.5) is 4.39 Å². The van der Waals surface area contributed by atoms with E-state index < -0.39 is 5.82 Å².